The van der Waals surface area contributed by atoms with E-state index in [0.717, 1.165) is 18.5 Å². The largest absolute Gasteiger partial charge is 0.492 e. The van der Waals surface area contributed by atoms with E-state index in [1.54, 1.807) is 6.21 Å². The van der Waals surface area contributed by atoms with Crippen LogP contribution in [0.3, 0.4) is 0 Å². The van der Waals surface area contributed by atoms with E-state index in [4.69, 9.17) is 10.5 Å². The van der Waals surface area contributed by atoms with Crippen LogP contribution in [0.4, 0.5) is 0 Å². The maximum Gasteiger partial charge on any atom is 0.184 e. The molecule has 0 radical (unpaired) electrons. The summed E-state index contributed by atoms with van der Waals surface area (Å²) in [5.41, 5.74) is 8.74. The number of nitrogens with zero attached hydrogens (tertiary/aromatic N) is 1. The molecule has 0 bridgehead atoms. The molecule has 1 aromatic rings. The summed E-state index contributed by atoms with van der Waals surface area (Å²) in [6.07, 6.45) is 1.67. The molecule has 0 spiro atoms. The van der Waals surface area contributed by atoms with E-state index in [9.17, 15) is 0 Å². The molecule has 4 nitrogen and oxygen atoms in total. The number of ether oxygens (including phenoxy) is 1. The zero-order chi connectivity index (χ0) is 12.8. The number of thiocarbonyl (C=S) groups is 1. The minimum atomic E-state index is 0.150. The molecule has 0 aliphatic rings. The van der Waals surface area contributed by atoms with E-state index in [1.807, 2.05) is 19.1 Å². The van der Waals surface area contributed by atoms with Crippen LogP contribution in [0.15, 0.2) is 17.2 Å². The Hall–Kier alpha value is -0.160. The first-order chi connectivity index (χ1) is 8.04. The minimum absolute atomic E-state index is 0.150. The van der Waals surface area contributed by atoms with Crippen LogP contribution in [0.5, 0.6) is 5.75 Å². The van der Waals surface area contributed by atoms with E-state index in [0.29, 0.717) is 6.61 Å². The third-order valence-corrected chi connectivity index (χ3v) is 3.39. The number of halogens is 2. The first kappa shape index (κ1) is 14.9. The highest BCUT2D eigenvalue weighted by atomic mass is 127. The fourth-order valence-corrected chi connectivity index (χ4v) is 3.29. The van der Waals surface area contributed by atoms with Gasteiger partial charge in [-0.3, -0.25) is 5.43 Å². The molecular weight excluding hydrogens is 464 g/mol. The van der Waals surface area contributed by atoms with Crippen LogP contribution >= 0.6 is 57.4 Å². The molecule has 0 atom stereocenters. The summed E-state index contributed by atoms with van der Waals surface area (Å²) >= 11 is 9.12. The van der Waals surface area contributed by atoms with E-state index in [2.05, 4.69) is 67.9 Å². The Morgan fingerprint density at radius 2 is 2.12 bits per heavy atom. The van der Waals surface area contributed by atoms with Crippen molar-refractivity contribution in [3.63, 3.8) is 0 Å². The summed E-state index contributed by atoms with van der Waals surface area (Å²) in [5, 5.41) is 4.06. The molecule has 0 aliphatic carbocycles. The van der Waals surface area contributed by atoms with Crippen molar-refractivity contribution < 1.29 is 4.74 Å². The molecular formula is C10H11I2N3OS. The molecule has 0 heterocycles. The first-order valence-electron chi connectivity index (χ1n) is 4.75. The number of hydrogen-bond acceptors (Lipinski definition) is 3. The molecule has 0 amide bonds. The fourth-order valence-electron chi connectivity index (χ4n) is 1.11. The lowest BCUT2D eigenvalue weighted by Crippen LogP contribution is -2.24. The normalized spacial score (nSPS) is 10.5. The molecule has 0 fully saturated rings. The molecule has 0 aromatic heterocycles. The molecule has 0 saturated carbocycles. The maximum atomic E-state index is 5.55. The molecule has 0 saturated heterocycles. The van der Waals surface area contributed by atoms with Crippen LogP contribution in [0.2, 0.25) is 0 Å². The van der Waals surface area contributed by atoms with E-state index < -0.39 is 0 Å². The fraction of sp³-hybridized carbons (Fsp3) is 0.200. The topological polar surface area (TPSA) is 59.6 Å². The van der Waals surface area contributed by atoms with Gasteiger partial charge in [-0.15, -0.1) is 0 Å². The van der Waals surface area contributed by atoms with Gasteiger partial charge in [-0.1, -0.05) is 0 Å². The Kier molecular flexibility index (Phi) is 6.41. The highest BCUT2D eigenvalue weighted by Crippen LogP contribution is 2.28. The summed E-state index contributed by atoms with van der Waals surface area (Å²) in [7, 11) is 0. The van der Waals surface area contributed by atoms with Crippen molar-refractivity contribution >= 4 is 68.7 Å². The van der Waals surface area contributed by atoms with Crippen molar-refractivity contribution in [2.75, 3.05) is 6.61 Å². The number of rotatable bonds is 4. The summed E-state index contributed by atoms with van der Waals surface area (Å²) in [6.45, 7) is 2.62. The number of nitrogens with two attached hydrogens (primary N) is 1. The number of nitrogens with one attached hydrogen (secondary N) is 1. The molecule has 1 aromatic carbocycles. The number of benzene rings is 1. The summed E-state index contributed by atoms with van der Waals surface area (Å²) in [6, 6.07) is 3.97. The van der Waals surface area contributed by atoms with Crippen molar-refractivity contribution in [1.29, 1.82) is 0 Å². The lowest BCUT2D eigenvalue weighted by Gasteiger charge is -2.09. The lowest BCUT2D eigenvalue weighted by atomic mass is 10.2. The quantitative estimate of drug-likeness (QED) is 0.304. The lowest BCUT2D eigenvalue weighted by molar-refractivity contribution is 0.335. The monoisotopic (exact) mass is 475 g/mol. The Morgan fingerprint density at radius 1 is 1.53 bits per heavy atom. The molecule has 0 unspecified atom stereocenters. The van der Waals surface area contributed by atoms with Crippen LogP contribution in [0.25, 0.3) is 0 Å². The maximum absolute atomic E-state index is 5.55. The van der Waals surface area contributed by atoms with Gasteiger partial charge >= 0.3 is 0 Å². The smallest absolute Gasteiger partial charge is 0.184 e. The van der Waals surface area contributed by atoms with Crippen LogP contribution in [-0.4, -0.2) is 17.9 Å². The zero-order valence-corrected chi connectivity index (χ0v) is 14.2. The van der Waals surface area contributed by atoms with Gasteiger partial charge in [0.1, 0.15) is 5.75 Å². The Bertz CT molecular complexity index is 428. The van der Waals surface area contributed by atoms with Crippen molar-refractivity contribution in [3.05, 3.63) is 24.8 Å². The second-order valence-corrected chi connectivity index (χ2v) is 5.75. The van der Waals surface area contributed by atoms with E-state index in [-0.39, 0.29) is 5.11 Å². The second kappa shape index (κ2) is 7.31. The van der Waals surface area contributed by atoms with Gasteiger partial charge in [0.25, 0.3) is 0 Å². The van der Waals surface area contributed by atoms with Gasteiger partial charge in [0.05, 0.1) is 20.0 Å². The number of hydrazone groups is 1. The molecule has 17 heavy (non-hydrogen) atoms. The van der Waals surface area contributed by atoms with Gasteiger partial charge in [-0.25, -0.2) is 0 Å². The van der Waals surface area contributed by atoms with Crippen LogP contribution < -0.4 is 15.9 Å². The first-order valence-corrected chi connectivity index (χ1v) is 7.31. The summed E-state index contributed by atoms with van der Waals surface area (Å²) in [4.78, 5) is 0. The Morgan fingerprint density at radius 3 is 2.59 bits per heavy atom. The minimum Gasteiger partial charge on any atom is -0.492 e. The van der Waals surface area contributed by atoms with Crippen LogP contribution in [0.1, 0.15) is 12.5 Å². The Balaban J connectivity index is 2.90. The predicted molar refractivity (Wildman–Crippen MR) is 90.6 cm³/mol. The third kappa shape index (κ3) is 4.92. The Labute approximate surface area is 133 Å². The van der Waals surface area contributed by atoms with Gasteiger partial charge < -0.3 is 10.5 Å². The van der Waals surface area contributed by atoms with Crippen molar-refractivity contribution in [3.8, 4) is 5.75 Å². The predicted octanol–water partition coefficient (Wildman–Crippen LogP) is 2.46. The molecule has 1 rings (SSSR count). The van der Waals surface area contributed by atoms with Crippen molar-refractivity contribution in [2.24, 2.45) is 10.8 Å². The summed E-state index contributed by atoms with van der Waals surface area (Å²) in [5.74, 6) is 0.910. The van der Waals surface area contributed by atoms with Gasteiger partial charge in [0, 0.05) is 0 Å². The molecule has 0 aliphatic heterocycles. The molecule has 92 valence electrons. The van der Waals surface area contributed by atoms with Crippen LogP contribution in [0, 0.1) is 7.14 Å². The van der Waals surface area contributed by atoms with E-state index >= 15 is 0 Å². The standard InChI is InChI=1S/C10H11I2N3OS/c1-2-16-9-7(11)3-6(4-8(9)12)5-14-15-10(13)17/h3-5H,2H2,1H3,(H3,13,15,17)/b14-5-. The van der Waals surface area contributed by atoms with Crippen LogP contribution in [-0.2, 0) is 0 Å². The van der Waals surface area contributed by atoms with Gasteiger partial charge in [-0.2, -0.15) is 5.10 Å². The van der Waals surface area contributed by atoms with Gasteiger partial charge in [0.2, 0.25) is 0 Å². The average Bonchev–Trinajstić information content (AvgIpc) is 2.23. The zero-order valence-electron chi connectivity index (χ0n) is 9.04. The summed E-state index contributed by atoms with van der Waals surface area (Å²) < 4.78 is 7.65. The van der Waals surface area contributed by atoms with Crippen molar-refractivity contribution in [1.82, 2.24) is 5.43 Å². The molecule has 3 N–H and O–H groups in total. The number of hydrogen-bond donors (Lipinski definition) is 2. The third-order valence-electron chi connectivity index (χ3n) is 1.70. The van der Waals surface area contributed by atoms with Gasteiger partial charge in [0.15, 0.2) is 5.11 Å². The van der Waals surface area contributed by atoms with Gasteiger partial charge in [-0.05, 0) is 82.0 Å². The van der Waals surface area contributed by atoms with E-state index in [1.165, 1.54) is 0 Å². The highest BCUT2D eigenvalue weighted by Gasteiger charge is 2.07. The molecule has 7 heteroatoms. The SMILES string of the molecule is CCOc1c(I)cc(/C=N\NC(N)=S)cc1I. The van der Waals surface area contributed by atoms with Crippen molar-refractivity contribution in [2.45, 2.75) is 6.92 Å². The second-order valence-electron chi connectivity index (χ2n) is 2.98. The highest BCUT2D eigenvalue weighted by molar-refractivity contribution is 14.1. The average molecular weight is 475 g/mol.